The molecule has 2 aliphatic rings. The van der Waals surface area contributed by atoms with Crippen molar-refractivity contribution in [3.63, 3.8) is 0 Å². The van der Waals surface area contributed by atoms with E-state index in [-0.39, 0.29) is 11.6 Å². The monoisotopic (exact) mass is 260 g/mol. The van der Waals surface area contributed by atoms with Crippen molar-refractivity contribution in [3.8, 4) is 0 Å². The van der Waals surface area contributed by atoms with Gasteiger partial charge in [0, 0.05) is 18.4 Å². The molecule has 20 heavy (non-hydrogen) atoms. The number of carbonyl (C=O) groups excluding carboxylic acids is 2. The molecule has 0 radical (unpaired) electrons. The Bertz CT molecular complexity index is 930. The smallest absolute Gasteiger partial charge is 0.186 e. The third-order valence-corrected chi connectivity index (χ3v) is 3.99. The molecule has 2 aromatic carbocycles. The molecule has 0 fully saturated rings. The first-order valence-electron chi connectivity index (χ1n) is 6.72. The molecule has 0 bridgehead atoms. The van der Waals surface area contributed by atoms with Gasteiger partial charge in [0.15, 0.2) is 5.78 Å². The van der Waals surface area contributed by atoms with Gasteiger partial charge in [-0.05, 0) is 51.0 Å². The topological polar surface area (TPSA) is 34.1 Å². The highest BCUT2D eigenvalue weighted by Crippen LogP contribution is 2.17. The summed E-state index contributed by atoms with van der Waals surface area (Å²) in [6, 6.07) is 8.15. The summed E-state index contributed by atoms with van der Waals surface area (Å²) in [5.41, 5.74) is 1.85. The molecule has 0 spiro atoms. The van der Waals surface area contributed by atoms with Gasteiger partial charge in [-0.25, -0.2) is 0 Å². The van der Waals surface area contributed by atoms with Crippen LogP contribution >= 0.6 is 0 Å². The zero-order chi connectivity index (χ0) is 13.7. The van der Waals surface area contributed by atoms with Gasteiger partial charge in [-0.15, -0.1) is 0 Å². The van der Waals surface area contributed by atoms with Crippen LogP contribution in [-0.2, 0) is 11.2 Å². The van der Waals surface area contributed by atoms with Gasteiger partial charge in [0.1, 0.15) is 5.78 Å². The van der Waals surface area contributed by atoms with Crippen molar-refractivity contribution in [2.24, 2.45) is 0 Å². The molecule has 2 aliphatic carbocycles. The number of allylic oxidation sites excluding steroid dienone is 2. The van der Waals surface area contributed by atoms with E-state index in [4.69, 9.17) is 0 Å². The number of hydrogen-bond acceptors (Lipinski definition) is 2. The van der Waals surface area contributed by atoms with Crippen LogP contribution in [-0.4, -0.2) is 11.6 Å². The lowest BCUT2D eigenvalue weighted by Gasteiger charge is -2.11. The first-order valence-corrected chi connectivity index (χ1v) is 6.72. The van der Waals surface area contributed by atoms with E-state index in [1.54, 1.807) is 12.2 Å². The van der Waals surface area contributed by atoms with Crippen molar-refractivity contribution < 1.29 is 9.59 Å². The molecule has 96 valence electrons. The van der Waals surface area contributed by atoms with Gasteiger partial charge < -0.3 is 0 Å². The van der Waals surface area contributed by atoms with Crippen molar-refractivity contribution >= 4 is 34.5 Å². The Morgan fingerprint density at radius 3 is 2.60 bits per heavy atom. The largest absolute Gasteiger partial charge is 0.299 e. The molecule has 0 aliphatic heterocycles. The van der Waals surface area contributed by atoms with Crippen LogP contribution in [0.4, 0.5) is 0 Å². The second-order valence-corrected chi connectivity index (χ2v) is 5.35. The maximum atomic E-state index is 11.9. The van der Waals surface area contributed by atoms with Gasteiger partial charge in [-0.2, -0.15) is 0 Å². The summed E-state index contributed by atoms with van der Waals surface area (Å²) in [5.74, 6) is 0.320. The lowest BCUT2D eigenvalue weighted by Crippen LogP contribution is -2.20. The van der Waals surface area contributed by atoms with E-state index < -0.39 is 0 Å². The molecule has 0 amide bonds. The standard InChI is InChI=1S/C18H12O2/c19-16-5-4-11-6-15-10-17-12(2-1-3-18(17)20)7-13(15)8-14(11)9-16/h1-4,6-8,10H,5,9H2. The number of ketones is 2. The molecule has 2 nitrogen and oxygen atoms in total. The van der Waals surface area contributed by atoms with E-state index >= 15 is 0 Å². The SMILES string of the molecule is O=C1CC=c2cc3cc4c(cc3cc2C1)=CC=CC4=O. The number of hydrogen-bond donors (Lipinski definition) is 0. The second-order valence-electron chi connectivity index (χ2n) is 5.35. The van der Waals surface area contributed by atoms with Crippen LogP contribution in [0.2, 0.25) is 0 Å². The second kappa shape index (κ2) is 4.01. The molecule has 0 saturated carbocycles. The van der Waals surface area contributed by atoms with Crippen LogP contribution in [0.15, 0.2) is 36.4 Å². The Morgan fingerprint density at radius 2 is 1.70 bits per heavy atom. The molecule has 0 atom stereocenters. The molecule has 0 saturated heterocycles. The Balaban J connectivity index is 2.07. The van der Waals surface area contributed by atoms with E-state index in [1.165, 1.54) is 0 Å². The summed E-state index contributed by atoms with van der Waals surface area (Å²) < 4.78 is 0. The van der Waals surface area contributed by atoms with Gasteiger partial charge in [0.2, 0.25) is 0 Å². The average Bonchev–Trinajstić information content (AvgIpc) is 2.44. The molecule has 2 heteroatoms. The molecule has 2 aromatic rings. The van der Waals surface area contributed by atoms with E-state index in [0.29, 0.717) is 12.8 Å². The van der Waals surface area contributed by atoms with E-state index in [9.17, 15) is 9.59 Å². The molecule has 0 heterocycles. The maximum absolute atomic E-state index is 11.9. The van der Waals surface area contributed by atoms with Gasteiger partial charge in [-0.3, -0.25) is 9.59 Å². The Kier molecular flexibility index (Phi) is 2.27. The zero-order valence-corrected chi connectivity index (χ0v) is 10.8. The lowest BCUT2D eigenvalue weighted by molar-refractivity contribution is -0.117. The highest BCUT2D eigenvalue weighted by molar-refractivity contribution is 6.09. The van der Waals surface area contributed by atoms with Crippen molar-refractivity contribution in [2.75, 3.05) is 0 Å². The van der Waals surface area contributed by atoms with Gasteiger partial charge in [0.25, 0.3) is 0 Å². The lowest BCUT2D eigenvalue weighted by atomic mass is 9.92. The van der Waals surface area contributed by atoms with Crippen LogP contribution in [0.5, 0.6) is 0 Å². The van der Waals surface area contributed by atoms with Gasteiger partial charge >= 0.3 is 0 Å². The number of fused-ring (bicyclic) bond motifs is 3. The molecular weight excluding hydrogens is 248 g/mol. The fraction of sp³-hybridized carbons (Fsp3) is 0.111. The highest BCUT2D eigenvalue weighted by Gasteiger charge is 2.13. The Morgan fingerprint density at radius 1 is 0.900 bits per heavy atom. The van der Waals surface area contributed by atoms with Crippen LogP contribution in [0.3, 0.4) is 0 Å². The quantitative estimate of drug-likeness (QED) is 0.722. The van der Waals surface area contributed by atoms with Crippen LogP contribution < -0.4 is 10.4 Å². The predicted molar refractivity (Wildman–Crippen MR) is 78.9 cm³/mol. The fourth-order valence-electron chi connectivity index (χ4n) is 2.96. The summed E-state index contributed by atoms with van der Waals surface area (Å²) >= 11 is 0. The van der Waals surface area contributed by atoms with E-state index in [1.807, 2.05) is 24.3 Å². The zero-order valence-electron chi connectivity index (χ0n) is 10.8. The van der Waals surface area contributed by atoms with E-state index in [2.05, 4.69) is 12.1 Å². The summed E-state index contributed by atoms with van der Waals surface area (Å²) in [6.45, 7) is 0. The normalized spacial score (nSPS) is 16.4. The Hall–Kier alpha value is -2.48. The van der Waals surface area contributed by atoms with E-state index in [0.717, 1.165) is 32.3 Å². The summed E-state index contributed by atoms with van der Waals surface area (Å²) in [5, 5.41) is 4.23. The molecule has 4 rings (SSSR count). The summed E-state index contributed by atoms with van der Waals surface area (Å²) in [4.78, 5) is 23.4. The van der Waals surface area contributed by atoms with Crippen LogP contribution in [0, 0.1) is 0 Å². The maximum Gasteiger partial charge on any atom is 0.186 e. The van der Waals surface area contributed by atoms with Crippen molar-refractivity contribution in [3.05, 3.63) is 58.0 Å². The third-order valence-electron chi connectivity index (χ3n) is 3.99. The molecular formula is C18H12O2. The van der Waals surface area contributed by atoms with Crippen molar-refractivity contribution in [1.29, 1.82) is 0 Å². The average molecular weight is 260 g/mol. The number of carbonyl (C=O) groups is 2. The highest BCUT2D eigenvalue weighted by atomic mass is 16.1. The first-order chi connectivity index (χ1) is 9.70. The molecule has 0 N–H and O–H groups in total. The van der Waals surface area contributed by atoms with Crippen LogP contribution in [0.1, 0.15) is 22.3 Å². The molecule has 0 aromatic heterocycles. The minimum absolute atomic E-state index is 0.0567. The number of rotatable bonds is 0. The summed E-state index contributed by atoms with van der Waals surface area (Å²) in [6.07, 6.45) is 8.34. The van der Waals surface area contributed by atoms with Gasteiger partial charge in [0.05, 0.1) is 0 Å². The third kappa shape index (κ3) is 1.65. The molecule has 0 unspecified atom stereocenters. The van der Waals surface area contributed by atoms with Crippen molar-refractivity contribution in [2.45, 2.75) is 12.8 Å². The number of benzene rings is 2. The predicted octanol–water partition coefficient (Wildman–Crippen LogP) is 1.67. The Labute approximate surface area is 115 Å². The first kappa shape index (κ1) is 11.4. The van der Waals surface area contributed by atoms with Crippen molar-refractivity contribution in [1.82, 2.24) is 0 Å². The minimum atomic E-state index is 0.0567. The summed E-state index contributed by atoms with van der Waals surface area (Å²) in [7, 11) is 0. The van der Waals surface area contributed by atoms with Gasteiger partial charge in [-0.1, -0.05) is 24.3 Å². The number of Topliss-reactive ketones (excluding diaryl/α,β-unsaturated/α-hetero) is 1. The fourth-order valence-corrected chi connectivity index (χ4v) is 2.96. The van der Waals surface area contributed by atoms with Crippen LogP contribution in [0.25, 0.3) is 22.9 Å². The minimum Gasteiger partial charge on any atom is -0.299 e.